The molecule has 1 atom stereocenters. The lowest BCUT2D eigenvalue weighted by atomic mass is 10.1. The number of aromatic nitrogens is 1. The maximum absolute atomic E-state index is 13.1. The van der Waals surface area contributed by atoms with Crippen molar-refractivity contribution in [2.45, 2.75) is 70.5 Å². The topological polar surface area (TPSA) is 24.9 Å². The van der Waals surface area contributed by atoms with Gasteiger partial charge in [-0.25, -0.2) is 0 Å². The average Bonchev–Trinajstić information content (AvgIpc) is 2.49. The van der Waals surface area contributed by atoms with Crippen LogP contribution in [-0.4, -0.2) is 17.7 Å². The highest BCUT2D eigenvalue weighted by atomic mass is 19.4. The molecule has 0 fully saturated rings. The van der Waals surface area contributed by atoms with E-state index in [0.717, 1.165) is 19.3 Å². The molecular weight excluding hydrogens is 289 g/mol. The van der Waals surface area contributed by atoms with Crippen LogP contribution in [0.5, 0.6) is 0 Å². The summed E-state index contributed by atoms with van der Waals surface area (Å²) in [5.74, 6) is 0. The fourth-order valence-electron chi connectivity index (χ4n) is 2.47. The van der Waals surface area contributed by atoms with E-state index in [2.05, 4.69) is 17.2 Å². The molecule has 0 aliphatic rings. The number of unbranched alkanes of at least 4 members (excludes halogenated alkanes) is 7. The van der Waals surface area contributed by atoms with Crippen LogP contribution in [0.25, 0.3) is 0 Å². The molecule has 22 heavy (non-hydrogen) atoms. The van der Waals surface area contributed by atoms with Crippen LogP contribution < -0.4 is 5.32 Å². The lowest BCUT2D eigenvalue weighted by Gasteiger charge is -2.21. The Bertz CT molecular complexity index is 379. The molecule has 0 spiro atoms. The van der Waals surface area contributed by atoms with Gasteiger partial charge in [0.05, 0.1) is 0 Å². The summed E-state index contributed by atoms with van der Waals surface area (Å²) in [7, 11) is 0. The first kappa shape index (κ1) is 18.9. The first-order chi connectivity index (χ1) is 10.6. The van der Waals surface area contributed by atoms with E-state index in [0.29, 0.717) is 6.54 Å². The van der Waals surface area contributed by atoms with Crippen LogP contribution in [0.4, 0.5) is 13.2 Å². The third kappa shape index (κ3) is 7.78. The van der Waals surface area contributed by atoms with E-state index >= 15 is 0 Å². The summed E-state index contributed by atoms with van der Waals surface area (Å²) in [5.41, 5.74) is 0.176. The molecule has 0 bridgehead atoms. The molecule has 0 aliphatic carbocycles. The van der Waals surface area contributed by atoms with E-state index in [1.165, 1.54) is 56.6 Å². The first-order valence-electron chi connectivity index (χ1n) is 8.25. The SMILES string of the molecule is CCCCCCCCCCN[C@@H](c1cccnc1)C(F)(F)F. The van der Waals surface area contributed by atoms with Crippen molar-refractivity contribution in [1.29, 1.82) is 0 Å². The van der Waals surface area contributed by atoms with Crippen molar-refractivity contribution in [3.63, 3.8) is 0 Å². The predicted molar refractivity (Wildman–Crippen MR) is 83.6 cm³/mol. The van der Waals surface area contributed by atoms with E-state index in [-0.39, 0.29) is 5.56 Å². The average molecular weight is 316 g/mol. The van der Waals surface area contributed by atoms with Crippen molar-refractivity contribution in [3.8, 4) is 0 Å². The van der Waals surface area contributed by atoms with Gasteiger partial charge in [-0.05, 0) is 24.6 Å². The zero-order valence-corrected chi connectivity index (χ0v) is 13.3. The number of nitrogens with zero attached hydrogens (tertiary/aromatic N) is 1. The van der Waals surface area contributed by atoms with Crippen LogP contribution in [0.3, 0.4) is 0 Å². The third-order valence-corrected chi connectivity index (χ3v) is 3.72. The van der Waals surface area contributed by atoms with Gasteiger partial charge in [-0.3, -0.25) is 4.98 Å². The van der Waals surface area contributed by atoms with E-state index in [1.807, 2.05) is 0 Å². The molecule has 1 N–H and O–H groups in total. The number of pyridine rings is 1. The Hall–Kier alpha value is -1.10. The van der Waals surface area contributed by atoms with Crippen molar-refractivity contribution < 1.29 is 13.2 Å². The standard InChI is InChI=1S/C17H27F3N2/c1-2-3-4-5-6-7-8-9-13-22-16(17(18,19)20)15-11-10-12-21-14-15/h10-12,14,16,22H,2-9,13H2,1H3/t16-/m0/s1. The predicted octanol–water partition coefficient (Wildman–Crippen LogP) is 5.42. The van der Waals surface area contributed by atoms with Crippen LogP contribution in [0, 0.1) is 0 Å². The summed E-state index contributed by atoms with van der Waals surface area (Å²) in [4.78, 5) is 3.77. The highest BCUT2D eigenvalue weighted by Gasteiger charge is 2.40. The number of alkyl halides is 3. The monoisotopic (exact) mass is 316 g/mol. The van der Waals surface area contributed by atoms with E-state index in [1.54, 1.807) is 0 Å². The van der Waals surface area contributed by atoms with E-state index in [9.17, 15) is 13.2 Å². The first-order valence-corrected chi connectivity index (χ1v) is 8.25. The molecule has 1 rings (SSSR count). The van der Waals surface area contributed by atoms with Crippen molar-refractivity contribution in [1.82, 2.24) is 10.3 Å². The van der Waals surface area contributed by atoms with Gasteiger partial charge in [-0.2, -0.15) is 13.2 Å². The molecule has 2 nitrogen and oxygen atoms in total. The molecule has 126 valence electrons. The second-order valence-electron chi connectivity index (χ2n) is 5.69. The molecule has 5 heteroatoms. The Morgan fingerprint density at radius 1 is 1.05 bits per heavy atom. The Kier molecular flexibility index (Phi) is 9.13. The number of halogens is 3. The largest absolute Gasteiger partial charge is 0.407 e. The number of hydrogen-bond donors (Lipinski definition) is 1. The van der Waals surface area contributed by atoms with Crippen LogP contribution >= 0.6 is 0 Å². The summed E-state index contributed by atoms with van der Waals surface area (Å²) in [5, 5.41) is 2.62. The van der Waals surface area contributed by atoms with Gasteiger partial charge in [0, 0.05) is 12.4 Å². The zero-order chi connectivity index (χ0) is 16.3. The smallest absolute Gasteiger partial charge is 0.302 e. The van der Waals surface area contributed by atoms with Gasteiger partial charge in [0.15, 0.2) is 0 Å². The molecule has 0 unspecified atom stereocenters. The van der Waals surface area contributed by atoms with Gasteiger partial charge in [0.1, 0.15) is 6.04 Å². The molecule has 1 aromatic heterocycles. The van der Waals surface area contributed by atoms with Crippen molar-refractivity contribution >= 4 is 0 Å². The lowest BCUT2D eigenvalue weighted by molar-refractivity contribution is -0.157. The maximum Gasteiger partial charge on any atom is 0.407 e. The van der Waals surface area contributed by atoms with E-state index < -0.39 is 12.2 Å². The van der Waals surface area contributed by atoms with Gasteiger partial charge in [0.25, 0.3) is 0 Å². The van der Waals surface area contributed by atoms with Gasteiger partial charge >= 0.3 is 6.18 Å². The van der Waals surface area contributed by atoms with Gasteiger partial charge in [0.2, 0.25) is 0 Å². The normalized spacial score (nSPS) is 13.3. The molecule has 0 aliphatic heterocycles. The third-order valence-electron chi connectivity index (χ3n) is 3.72. The summed E-state index contributed by atoms with van der Waals surface area (Å²) in [6, 6.07) is 1.38. The minimum atomic E-state index is -4.29. The summed E-state index contributed by atoms with van der Waals surface area (Å²) >= 11 is 0. The lowest BCUT2D eigenvalue weighted by Crippen LogP contribution is -2.34. The molecule has 0 saturated heterocycles. The van der Waals surface area contributed by atoms with E-state index in [4.69, 9.17) is 0 Å². The van der Waals surface area contributed by atoms with Crippen LogP contribution in [0.15, 0.2) is 24.5 Å². The highest BCUT2D eigenvalue weighted by Crippen LogP contribution is 2.32. The van der Waals surface area contributed by atoms with Crippen molar-refractivity contribution in [3.05, 3.63) is 30.1 Å². The second-order valence-corrected chi connectivity index (χ2v) is 5.69. The fourth-order valence-corrected chi connectivity index (χ4v) is 2.47. The Morgan fingerprint density at radius 2 is 1.68 bits per heavy atom. The Morgan fingerprint density at radius 3 is 2.23 bits per heavy atom. The van der Waals surface area contributed by atoms with Gasteiger partial charge < -0.3 is 5.32 Å². The summed E-state index contributed by atoms with van der Waals surface area (Å²) < 4.78 is 39.2. The quantitative estimate of drug-likeness (QED) is 0.552. The number of rotatable bonds is 11. The van der Waals surface area contributed by atoms with Crippen LogP contribution in [0.2, 0.25) is 0 Å². The van der Waals surface area contributed by atoms with Crippen molar-refractivity contribution in [2.75, 3.05) is 6.54 Å². The fraction of sp³-hybridized carbons (Fsp3) is 0.706. The molecular formula is C17H27F3N2. The second kappa shape index (κ2) is 10.6. The van der Waals surface area contributed by atoms with Crippen LogP contribution in [0.1, 0.15) is 69.9 Å². The molecule has 1 heterocycles. The molecule has 0 saturated carbocycles. The molecule has 0 radical (unpaired) electrons. The zero-order valence-electron chi connectivity index (χ0n) is 13.3. The molecule has 1 aromatic rings. The number of nitrogens with one attached hydrogen (secondary N) is 1. The van der Waals surface area contributed by atoms with Crippen molar-refractivity contribution in [2.24, 2.45) is 0 Å². The van der Waals surface area contributed by atoms with Gasteiger partial charge in [-0.1, -0.05) is 57.9 Å². The van der Waals surface area contributed by atoms with Gasteiger partial charge in [-0.15, -0.1) is 0 Å². The Labute approximate surface area is 131 Å². The summed E-state index contributed by atoms with van der Waals surface area (Å²) in [6.45, 7) is 2.57. The Balaban J connectivity index is 2.23. The minimum Gasteiger partial charge on any atom is -0.302 e. The summed E-state index contributed by atoms with van der Waals surface area (Å²) in [6.07, 6.45) is 7.54. The maximum atomic E-state index is 13.1. The molecule has 0 amide bonds. The van der Waals surface area contributed by atoms with Crippen LogP contribution in [-0.2, 0) is 0 Å². The minimum absolute atomic E-state index is 0.176. The molecule has 0 aromatic carbocycles. The highest BCUT2D eigenvalue weighted by molar-refractivity contribution is 5.15. The number of hydrogen-bond acceptors (Lipinski definition) is 2.